The van der Waals surface area contributed by atoms with Crippen LogP contribution in [0.3, 0.4) is 0 Å². The van der Waals surface area contributed by atoms with Crippen LogP contribution in [0.5, 0.6) is 23.0 Å². The van der Waals surface area contributed by atoms with Crippen molar-refractivity contribution in [3.05, 3.63) is 76.7 Å². The fourth-order valence-corrected chi connectivity index (χ4v) is 4.30. The largest absolute Gasteiger partial charge is 0.573 e. The monoisotopic (exact) mass is 622 g/mol. The molecule has 0 spiro atoms. The van der Waals surface area contributed by atoms with Gasteiger partial charge in [-0.2, -0.15) is 0 Å². The maximum Gasteiger partial charge on any atom is 0.573 e. The smallest absolute Gasteiger partial charge is 0.457 e. The Bertz CT molecular complexity index is 1600. The van der Waals surface area contributed by atoms with Gasteiger partial charge in [0.05, 0.1) is 12.1 Å². The van der Waals surface area contributed by atoms with E-state index in [2.05, 4.69) is 15.0 Å². The lowest BCUT2D eigenvalue weighted by molar-refractivity contribution is -0.274. The first-order valence-electron chi connectivity index (χ1n) is 13.0. The van der Waals surface area contributed by atoms with Crippen LogP contribution in [0.25, 0.3) is 22.0 Å². The van der Waals surface area contributed by atoms with Gasteiger partial charge in [0.2, 0.25) is 6.79 Å². The number of rotatable bonds is 11. The molecule has 0 amide bonds. The quantitative estimate of drug-likeness (QED) is 0.0777. The molecule has 3 aromatic carbocycles. The molecule has 228 valence electrons. The van der Waals surface area contributed by atoms with Crippen molar-refractivity contribution in [2.24, 2.45) is 0 Å². The Labute approximate surface area is 249 Å². The number of alkyl halides is 3. The second-order valence-electron chi connectivity index (χ2n) is 9.24. The minimum atomic E-state index is -4.83. The second kappa shape index (κ2) is 13.8. The average molecular weight is 623 g/mol. The van der Waals surface area contributed by atoms with Gasteiger partial charge < -0.3 is 29.0 Å². The summed E-state index contributed by atoms with van der Waals surface area (Å²) in [6.07, 6.45) is -5.16. The van der Waals surface area contributed by atoms with E-state index < -0.39 is 30.9 Å². The zero-order chi connectivity index (χ0) is 31.1. The van der Waals surface area contributed by atoms with E-state index in [1.165, 1.54) is 24.3 Å². The molecule has 0 radical (unpaired) electrons. The first kappa shape index (κ1) is 31.6. The molecule has 0 bridgehead atoms. The number of benzene rings is 3. The van der Waals surface area contributed by atoms with Crippen molar-refractivity contribution in [2.75, 3.05) is 27.0 Å². The number of aromatic nitrogens is 1. The number of ether oxygens (including phenoxy) is 5. The lowest BCUT2D eigenvalue weighted by Crippen LogP contribution is -2.16. The SMILES string of the molecule is CNCCCOC(=O)OCOc1c(-c2ccc(Oc3ccc(OC(F)(F)F)cc3)cc2F)c(C)nc2cc(C)c(Cl)cc12. The van der Waals surface area contributed by atoms with Gasteiger partial charge in [-0.3, -0.25) is 4.98 Å². The summed E-state index contributed by atoms with van der Waals surface area (Å²) >= 11 is 6.39. The molecule has 8 nitrogen and oxygen atoms in total. The van der Waals surface area contributed by atoms with E-state index in [0.29, 0.717) is 34.6 Å². The van der Waals surface area contributed by atoms with Crippen LogP contribution in [0.4, 0.5) is 22.4 Å². The Morgan fingerprint density at radius 3 is 2.35 bits per heavy atom. The van der Waals surface area contributed by atoms with Crippen molar-refractivity contribution in [2.45, 2.75) is 26.6 Å². The Kier molecular flexibility index (Phi) is 10.1. The highest BCUT2D eigenvalue weighted by molar-refractivity contribution is 6.32. The number of aryl methyl sites for hydroxylation is 2. The van der Waals surface area contributed by atoms with Crippen LogP contribution < -0.4 is 19.5 Å². The van der Waals surface area contributed by atoms with Crippen molar-refractivity contribution in [3.63, 3.8) is 0 Å². The van der Waals surface area contributed by atoms with E-state index in [0.717, 1.165) is 23.8 Å². The summed E-state index contributed by atoms with van der Waals surface area (Å²) in [4.78, 5) is 16.6. The van der Waals surface area contributed by atoms with Crippen molar-refractivity contribution >= 4 is 28.7 Å². The minimum absolute atomic E-state index is 0.0858. The molecule has 4 aromatic rings. The van der Waals surface area contributed by atoms with E-state index in [-0.39, 0.29) is 35.0 Å². The van der Waals surface area contributed by atoms with Crippen LogP contribution in [0.1, 0.15) is 17.7 Å². The molecule has 4 rings (SSSR count). The van der Waals surface area contributed by atoms with Gasteiger partial charge >= 0.3 is 12.5 Å². The molecular weight excluding hydrogens is 596 g/mol. The summed E-state index contributed by atoms with van der Waals surface area (Å²) in [7, 11) is 1.78. The molecule has 1 aromatic heterocycles. The third kappa shape index (κ3) is 8.39. The molecule has 43 heavy (non-hydrogen) atoms. The highest BCUT2D eigenvalue weighted by atomic mass is 35.5. The van der Waals surface area contributed by atoms with E-state index in [9.17, 15) is 18.0 Å². The summed E-state index contributed by atoms with van der Waals surface area (Å²) in [5.41, 5.74) is 2.12. The fourth-order valence-electron chi connectivity index (χ4n) is 4.13. The normalized spacial score (nSPS) is 11.3. The topological polar surface area (TPSA) is 88.1 Å². The summed E-state index contributed by atoms with van der Waals surface area (Å²) in [5, 5.41) is 3.82. The summed E-state index contributed by atoms with van der Waals surface area (Å²) in [6, 6.07) is 12.1. The summed E-state index contributed by atoms with van der Waals surface area (Å²) in [5.74, 6) is -0.696. The van der Waals surface area contributed by atoms with Gasteiger partial charge in [0.1, 0.15) is 28.8 Å². The number of nitrogens with one attached hydrogen (secondary N) is 1. The molecule has 1 N–H and O–H groups in total. The molecule has 0 aliphatic heterocycles. The van der Waals surface area contributed by atoms with Crippen LogP contribution in [0, 0.1) is 19.7 Å². The van der Waals surface area contributed by atoms with Crippen molar-refractivity contribution < 1.29 is 46.0 Å². The molecule has 0 atom stereocenters. The minimum Gasteiger partial charge on any atom is -0.457 e. The maximum atomic E-state index is 15.6. The molecule has 0 aliphatic carbocycles. The van der Waals surface area contributed by atoms with Crippen LogP contribution in [0.15, 0.2) is 54.6 Å². The molecule has 0 aliphatic rings. The number of halogens is 5. The molecule has 0 saturated heterocycles. The van der Waals surface area contributed by atoms with Crippen LogP contribution in [-0.4, -0.2) is 44.5 Å². The number of hydrogen-bond donors (Lipinski definition) is 1. The predicted octanol–water partition coefficient (Wildman–Crippen LogP) is 8.10. The predicted molar refractivity (Wildman–Crippen MR) is 151 cm³/mol. The molecule has 13 heteroatoms. The Balaban J connectivity index is 1.61. The van der Waals surface area contributed by atoms with E-state index in [1.54, 1.807) is 26.1 Å². The molecule has 0 unspecified atom stereocenters. The van der Waals surface area contributed by atoms with E-state index >= 15 is 4.39 Å². The van der Waals surface area contributed by atoms with Gasteiger partial charge in [-0.15, -0.1) is 13.2 Å². The number of carbonyl (C=O) groups is 1. The molecule has 0 fully saturated rings. The van der Waals surface area contributed by atoms with Gasteiger partial charge in [-0.25, -0.2) is 9.18 Å². The Morgan fingerprint density at radius 1 is 0.977 bits per heavy atom. The van der Waals surface area contributed by atoms with Crippen LogP contribution in [0.2, 0.25) is 5.02 Å². The Hall–Kier alpha value is -4.29. The lowest BCUT2D eigenvalue weighted by Gasteiger charge is -2.18. The number of nitrogens with zero attached hydrogens (tertiary/aromatic N) is 1. The van der Waals surface area contributed by atoms with Crippen molar-refractivity contribution in [3.8, 4) is 34.1 Å². The van der Waals surface area contributed by atoms with E-state index in [1.807, 2.05) is 6.92 Å². The Morgan fingerprint density at radius 2 is 1.67 bits per heavy atom. The van der Waals surface area contributed by atoms with Gasteiger partial charge in [0, 0.05) is 33.3 Å². The number of pyridine rings is 1. The summed E-state index contributed by atoms with van der Waals surface area (Å²) < 4.78 is 78.3. The standard InChI is InChI=1S/C30H27ClF4N2O6/c1-17-13-26-23(15-24(17)31)28(40-16-41-29(38)39-12-4-11-36-3)27(18(2)37-26)22-10-9-21(14-25(22)32)42-19-5-7-20(8-6-19)43-30(33,34)35/h5-10,13-15,36H,4,11-12,16H2,1-3H3. The average Bonchev–Trinajstić information content (AvgIpc) is 2.93. The van der Waals surface area contributed by atoms with Crippen molar-refractivity contribution in [1.82, 2.24) is 10.3 Å². The van der Waals surface area contributed by atoms with Crippen LogP contribution in [-0.2, 0) is 9.47 Å². The first-order chi connectivity index (χ1) is 20.4. The van der Waals surface area contributed by atoms with Crippen molar-refractivity contribution in [1.29, 1.82) is 0 Å². The van der Waals surface area contributed by atoms with Crippen LogP contribution >= 0.6 is 11.6 Å². The van der Waals surface area contributed by atoms with Gasteiger partial charge in [-0.1, -0.05) is 11.6 Å². The highest BCUT2D eigenvalue weighted by Crippen LogP contribution is 2.42. The van der Waals surface area contributed by atoms with E-state index in [4.69, 9.17) is 30.5 Å². The van der Waals surface area contributed by atoms with Gasteiger partial charge in [0.25, 0.3) is 0 Å². The molecule has 0 saturated carbocycles. The van der Waals surface area contributed by atoms with Gasteiger partial charge in [0.15, 0.2) is 0 Å². The zero-order valence-corrected chi connectivity index (χ0v) is 24.1. The third-order valence-corrected chi connectivity index (χ3v) is 6.48. The summed E-state index contributed by atoms with van der Waals surface area (Å²) in [6.45, 7) is 3.78. The number of hydrogen-bond acceptors (Lipinski definition) is 8. The highest BCUT2D eigenvalue weighted by Gasteiger charge is 2.31. The maximum absolute atomic E-state index is 15.6. The fraction of sp³-hybridized carbons (Fsp3) is 0.267. The third-order valence-electron chi connectivity index (χ3n) is 6.07. The zero-order valence-electron chi connectivity index (χ0n) is 23.3. The molecule has 1 heterocycles. The molecular formula is C30H27ClF4N2O6. The second-order valence-corrected chi connectivity index (χ2v) is 9.65. The number of fused-ring (bicyclic) bond motifs is 1. The first-order valence-corrected chi connectivity index (χ1v) is 13.3. The number of carbonyl (C=O) groups excluding carboxylic acids is 1. The van der Waals surface area contributed by atoms with Gasteiger partial charge in [-0.05, 0) is 88.0 Å². The lowest BCUT2D eigenvalue weighted by atomic mass is 9.99.